The summed E-state index contributed by atoms with van der Waals surface area (Å²) in [5.41, 5.74) is 1.30. The molecule has 1 N–H and O–H groups in total. The minimum atomic E-state index is 0.194. The molecule has 0 radical (unpaired) electrons. The molecule has 1 nitrogen and oxygen atoms in total. The lowest BCUT2D eigenvalue weighted by Crippen LogP contribution is -1.87. The van der Waals surface area contributed by atoms with E-state index >= 15 is 0 Å². The van der Waals surface area contributed by atoms with Gasteiger partial charge in [0.15, 0.2) is 0 Å². The Hall–Kier alpha value is -0.240. The van der Waals surface area contributed by atoms with Gasteiger partial charge in [-0.3, -0.25) is 0 Å². The van der Waals surface area contributed by atoms with Crippen LogP contribution in [0.25, 0.3) is 0 Å². The maximum atomic E-state index is 8.53. The van der Waals surface area contributed by atoms with Crippen molar-refractivity contribution in [2.24, 2.45) is 0 Å². The van der Waals surface area contributed by atoms with Gasteiger partial charge in [0.2, 0.25) is 0 Å². The summed E-state index contributed by atoms with van der Waals surface area (Å²) in [7, 11) is 0. The van der Waals surface area contributed by atoms with Crippen LogP contribution in [0.2, 0.25) is 0 Å². The van der Waals surface area contributed by atoms with Crippen molar-refractivity contribution in [2.45, 2.75) is 12.8 Å². The van der Waals surface area contributed by atoms with Crippen LogP contribution in [0.4, 0.5) is 0 Å². The van der Waals surface area contributed by atoms with Gasteiger partial charge in [0.05, 0.1) is 5.34 Å². The Morgan fingerprint density at radius 1 is 1.08 bits per heavy atom. The minimum absolute atomic E-state index is 0.194. The second-order valence-corrected chi connectivity index (χ2v) is 3.22. The summed E-state index contributed by atoms with van der Waals surface area (Å²) < 4.78 is 0. The standard InChI is InChI=1S/C9H12O.CH2Cl2/c10-8-4-7-9-5-2-1-3-6-9;2-1-3/h1-3,5-6,10H,4,7-8H2;1H2. The van der Waals surface area contributed by atoms with Crippen molar-refractivity contribution in [1.29, 1.82) is 0 Å². The van der Waals surface area contributed by atoms with E-state index in [1.807, 2.05) is 18.2 Å². The van der Waals surface area contributed by atoms with Gasteiger partial charge in [0.1, 0.15) is 0 Å². The second kappa shape index (κ2) is 9.85. The van der Waals surface area contributed by atoms with E-state index in [9.17, 15) is 0 Å². The Kier molecular flexibility index (Phi) is 9.66. The third-order valence-corrected chi connectivity index (χ3v) is 1.47. The zero-order chi connectivity index (χ0) is 9.94. The first-order valence-electron chi connectivity index (χ1n) is 4.11. The molecule has 0 amide bonds. The van der Waals surface area contributed by atoms with Gasteiger partial charge in [-0.1, -0.05) is 30.3 Å². The topological polar surface area (TPSA) is 20.2 Å². The van der Waals surface area contributed by atoms with Gasteiger partial charge in [-0.2, -0.15) is 0 Å². The molecule has 1 aromatic carbocycles. The number of halogens is 2. The van der Waals surface area contributed by atoms with Crippen molar-refractivity contribution < 1.29 is 5.11 Å². The van der Waals surface area contributed by atoms with Gasteiger partial charge < -0.3 is 5.11 Å². The number of benzene rings is 1. The minimum Gasteiger partial charge on any atom is -0.396 e. The molecule has 0 bridgehead atoms. The monoisotopic (exact) mass is 220 g/mol. The van der Waals surface area contributed by atoms with Crippen molar-refractivity contribution in [3.8, 4) is 0 Å². The highest BCUT2D eigenvalue weighted by molar-refractivity contribution is 6.40. The molecular weight excluding hydrogens is 207 g/mol. The lowest BCUT2D eigenvalue weighted by Gasteiger charge is -1.96. The summed E-state index contributed by atoms with van der Waals surface area (Å²) in [5.74, 6) is 0. The molecule has 13 heavy (non-hydrogen) atoms. The van der Waals surface area contributed by atoms with Gasteiger partial charge in [-0.25, -0.2) is 0 Å². The average molecular weight is 221 g/mol. The summed E-state index contributed by atoms with van der Waals surface area (Å²) in [4.78, 5) is 0. The van der Waals surface area contributed by atoms with Gasteiger partial charge in [0, 0.05) is 6.61 Å². The zero-order valence-corrected chi connectivity index (χ0v) is 8.93. The van der Waals surface area contributed by atoms with E-state index in [2.05, 4.69) is 12.1 Å². The van der Waals surface area contributed by atoms with Crippen LogP contribution in [0.15, 0.2) is 30.3 Å². The lowest BCUT2D eigenvalue weighted by atomic mass is 10.1. The molecule has 0 saturated carbocycles. The molecule has 3 heteroatoms. The fourth-order valence-electron chi connectivity index (χ4n) is 0.928. The van der Waals surface area contributed by atoms with Gasteiger partial charge in [-0.05, 0) is 18.4 Å². The lowest BCUT2D eigenvalue weighted by molar-refractivity contribution is 0.288. The normalized spacial score (nSPS) is 8.85. The summed E-state index contributed by atoms with van der Waals surface area (Å²) in [6.07, 6.45) is 1.85. The van der Waals surface area contributed by atoms with E-state index in [0.29, 0.717) is 0 Å². The fourth-order valence-corrected chi connectivity index (χ4v) is 0.928. The Labute approximate surface area is 89.3 Å². The van der Waals surface area contributed by atoms with Crippen LogP contribution in [-0.4, -0.2) is 17.1 Å². The Morgan fingerprint density at radius 3 is 2.08 bits per heavy atom. The molecular formula is C10H14Cl2O. The quantitative estimate of drug-likeness (QED) is 0.778. The predicted molar refractivity (Wildman–Crippen MR) is 58.4 cm³/mol. The largest absolute Gasteiger partial charge is 0.396 e. The van der Waals surface area contributed by atoms with E-state index in [1.54, 1.807) is 0 Å². The Bertz CT molecular complexity index is 189. The smallest absolute Gasteiger partial charge is 0.0967 e. The molecule has 0 heterocycles. The third kappa shape index (κ3) is 8.10. The fraction of sp³-hybridized carbons (Fsp3) is 0.400. The SMILES string of the molecule is ClCCl.OCCCc1ccccc1. The van der Waals surface area contributed by atoms with Crippen LogP contribution in [0, 0.1) is 0 Å². The second-order valence-electron chi connectivity index (χ2n) is 2.41. The van der Waals surface area contributed by atoms with E-state index in [0.717, 1.165) is 12.8 Å². The van der Waals surface area contributed by atoms with Crippen molar-refractivity contribution >= 4 is 23.2 Å². The molecule has 0 saturated heterocycles. The van der Waals surface area contributed by atoms with Crippen LogP contribution in [-0.2, 0) is 6.42 Å². The van der Waals surface area contributed by atoms with Crippen LogP contribution < -0.4 is 0 Å². The van der Waals surface area contributed by atoms with Crippen LogP contribution in [0.5, 0.6) is 0 Å². The maximum absolute atomic E-state index is 8.53. The molecule has 74 valence electrons. The van der Waals surface area contributed by atoms with Crippen LogP contribution >= 0.6 is 23.2 Å². The first-order chi connectivity index (χ1) is 6.35. The Balaban J connectivity index is 0.000000424. The van der Waals surface area contributed by atoms with Crippen molar-refractivity contribution in [1.82, 2.24) is 0 Å². The highest BCUT2D eigenvalue weighted by Gasteiger charge is 1.87. The summed E-state index contributed by atoms with van der Waals surface area (Å²) >= 11 is 9.53. The zero-order valence-electron chi connectivity index (χ0n) is 7.42. The molecule has 0 aliphatic rings. The van der Waals surface area contributed by atoms with Crippen LogP contribution in [0.1, 0.15) is 12.0 Å². The molecule has 1 rings (SSSR count). The van der Waals surface area contributed by atoms with Crippen molar-refractivity contribution in [3.63, 3.8) is 0 Å². The van der Waals surface area contributed by atoms with E-state index < -0.39 is 0 Å². The number of aliphatic hydroxyl groups is 1. The molecule has 0 aliphatic heterocycles. The molecule has 1 aromatic rings. The summed E-state index contributed by atoms with van der Waals surface area (Å²) in [6, 6.07) is 10.2. The summed E-state index contributed by atoms with van der Waals surface area (Å²) in [5, 5.41) is 8.72. The molecule has 0 spiro atoms. The number of hydrogen-bond donors (Lipinski definition) is 1. The van der Waals surface area contributed by atoms with Crippen molar-refractivity contribution in [3.05, 3.63) is 35.9 Å². The highest BCUT2D eigenvalue weighted by atomic mass is 35.5. The summed E-state index contributed by atoms with van der Waals surface area (Å²) in [6.45, 7) is 0.287. The number of alkyl halides is 2. The molecule has 0 aromatic heterocycles. The number of hydrogen-bond acceptors (Lipinski definition) is 1. The average Bonchev–Trinajstić information content (AvgIpc) is 2.18. The van der Waals surface area contributed by atoms with Crippen LogP contribution in [0.3, 0.4) is 0 Å². The third-order valence-electron chi connectivity index (χ3n) is 1.47. The number of aryl methyl sites for hydroxylation is 1. The molecule has 0 fully saturated rings. The maximum Gasteiger partial charge on any atom is 0.0967 e. The van der Waals surface area contributed by atoms with Gasteiger partial charge in [0.25, 0.3) is 0 Å². The molecule has 0 atom stereocenters. The van der Waals surface area contributed by atoms with Gasteiger partial charge in [-0.15, -0.1) is 23.2 Å². The van der Waals surface area contributed by atoms with E-state index in [4.69, 9.17) is 28.3 Å². The van der Waals surface area contributed by atoms with E-state index in [-0.39, 0.29) is 11.9 Å². The highest BCUT2D eigenvalue weighted by Crippen LogP contribution is 2.00. The predicted octanol–water partition coefficient (Wildman–Crippen LogP) is 3.03. The molecule has 0 unspecified atom stereocenters. The first kappa shape index (κ1) is 12.8. The Morgan fingerprint density at radius 2 is 1.62 bits per heavy atom. The van der Waals surface area contributed by atoms with E-state index in [1.165, 1.54) is 5.56 Å². The number of aliphatic hydroxyl groups excluding tert-OH is 1. The first-order valence-corrected chi connectivity index (χ1v) is 5.18. The van der Waals surface area contributed by atoms with Crippen molar-refractivity contribution in [2.75, 3.05) is 11.9 Å². The number of rotatable bonds is 3. The molecule has 0 aliphatic carbocycles. The van der Waals surface area contributed by atoms with Gasteiger partial charge >= 0.3 is 0 Å².